The number of hydrogen-bond acceptors (Lipinski definition) is 3. The van der Waals surface area contributed by atoms with E-state index in [-0.39, 0.29) is 5.41 Å². The summed E-state index contributed by atoms with van der Waals surface area (Å²) in [6.07, 6.45) is 9.59. The predicted octanol–water partition coefficient (Wildman–Crippen LogP) is 5.43. The van der Waals surface area contributed by atoms with Crippen LogP contribution in [0.5, 0.6) is 0 Å². The second-order valence-electron chi connectivity index (χ2n) is 9.72. The molecule has 1 rings (SSSR count). The first kappa shape index (κ1) is 27.6. The third-order valence-corrected chi connectivity index (χ3v) is 6.31. The van der Waals surface area contributed by atoms with Crippen LogP contribution < -0.4 is 0 Å². The molecule has 31 heavy (non-hydrogen) atoms. The van der Waals surface area contributed by atoms with Crippen molar-refractivity contribution < 1.29 is 4.79 Å². The largest absolute Gasteiger partial charge is 0.343 e. The van der Waals surface area contributed by atoms with E-state index in [0.717, 1.165) is 51.9 Å². The number of carbonyl (C=O) groups is 1. The number of amides is 1. The Labute approximate surface area is 193 Å². The van der Waals surface area contributed by atoms with Crippen LogP contribution in [0.2, 0.25) is 0 Å². The molecule has 0 aliphatic heterocycles. The molecule has 0 radical (unpaired) electrons. The van der Waals surface area contributed by atoms with E-state index in [9.17, 15) is 4.79 Å². The molecule has 0 bridgehead atoms. The number of carbonyl (C=O) groups excluding carboxylic acids is 1. The van der Waals surface area contributed by atoms with Gasteiger partial charge in [0, 0.05) is 24.9 Å². The zero-order valence-corrected chi connectivity index (χ0v) is 21.3. The van der Waals surface area contributed by atoms with Crippen molar-refractivity contribution in [2.24, 2.45) is 0 Å². The van der Waals surface area contributed by atoms with Crippen LogP contribution >= 0.6 is 0 Å². The monoisotopic (exact) mass is 431 g/mol. The molecule has 0 saturated carbocycles. The highest BCUT2D eigenvalue weighted by molar-refractivity contribution is 5.78. The summed E-state index contributed by atoms with van der Waals surface area (Å²) in [6.45, 7) is 8.27. The minimum atomic E-state index is -0.0360. The Kier molecular flexibility index (Phi) is 13.7. The second kappa shape index (κ2) is 15.4. The summed E-state index contributed by atoms with van der Waals surface area (Å²) >= 11 is 0. The Morgan fingerprint density at radius 3 is 1.65 bits per heavy atom. The zero-order valence-electron chi connectivity index (χ0n) is 21.3. The summed E-state index contributed by atoms with van der Waals surface area (Å²) in [4.78, 5) is 20.3. The summed E-state index contributed by atoms with van der Waals surface area (Å²) in [7, 11) is 8.42. The molecular weight excluding hydrogens is 382 g/mol. The summed E-state index contributed by atoms with van der Waals surface area (Å²) in [5, 5.41) is 0. The van der Waals surface area contributed by atoms with E-state index in [1.807, 2.05) is 0 Å². The van der Waals surface area contributed by atoms with E-state index in [0.29, 0.717) is 12.3 Å². The molecule has 0 atom stereocenters. The van der Waals surface area contributed by atoms with Gasteiger partial charge in [-0.3, -0.25) is 4.79 Å². The van der Waals surface area contributed by atoms with Gasteiger partial charge in [0.15, 0.2) is 0 Å². The molecule has 1 aromatic rings. The summed E-state index contributed by atoms with van der Waals surface area (Å²) in [5.41, 5.74) is 1.32. The van der Waals surface area contributed by atoms with E-state index in [1.165, 1.54) is 31.2 Å². The standard InChI is InChI=1S/C27H49N3O/c1-7-9-18-27(19-10-8-2,25-16-12-11-13-17-25)24-26(31)30(22-14-20-28(3)4)23-15-21-29(5)6/h11-13,16-17H,7-10,14-15,18-24H2,1-6H3. The van der Waals surface area contributed by atoms with Crippen LogP contribution in [-0.2, 0) is 10.2 Å². The molecule has 178 valence electrons. The van der Waals surface area contributed by atoms with Crippen LogP contribution in [0, 0.1) is 0 Å². The first-order valence-electron chi connectivity index (χ1n) is 12.5. The lowest BCUT2D eigenvalue weighted by atomic mass is 9.70. The van der Waals surface area contributed by atoms with Crippen LogP contribution in [-0.4, -0.2) is 75.0 Å². The molecular formula is C27H49N3O. The third kappa shape index (κ3) is 10.7. The van der Waals surface area contributed by atoms with E-state index < -0.39 is 0 Å². The molecule has 0 saturated heterocycles. The fourth-order valence-electron chi connectivity index (χ4n) is 4.43. The lowest BCUT2D eigenvalue weighted by Crippen LogP contribution is -2.40. The number of rotatable bonds is 17. The molecule has 4 heteroatoms. The van der Waals surface area contributed by atoms with Crippen molar-refractivity contribution in [2.75, 3.05) is 54.4 Å². The second-order valence-corrected chi connectivity index (χ2v) is 9.72. The zero-order chi connectivity index (χ0) is 23.1. The Balaban J connectivity index is 3.06. The Morgan fingerprint density at radius 1 is 0.742 bits per heavy atom. The van der Waals surface area contributed by atoms with Gasteiger partial charge in [-0.2, -0.15) is 0 Å². The van der Waals surface area contributed by atoms with Crippen LogP contribution in [0.3, 0.4) is 0 Å². The first-order chi connectivity index (χ1) is 14.8. The van der Waals surface area contributed by atoms with Crippen molar-refractivity contribution in [3.8, 4) is 0 Å². The molecule has 0 unspecified atom stereocenters. The molecule has 0 fully saturated rings. The smallest absolute Gasteiger partial charge is 0.223 e. The molecule has 0 N–H and O–H groups in total. The van der Waals surface area contributed by atoms with E-state index in [4.69, 9.17) is 0 Å². The first-order valence-corrected chi connectivity index (χ1v) is 12.5. The van der Waals surface area contributed by atoms with Crippen molar-refractivity contribution in [1.82, 2.24) is 14.7 Å². The molecule has 1 aromatic carbocycles. The molecule has 0 heterocycles. The lowest BCUT2D eigenvalue weighted by Gasteiger charge is -2.37. The number of nitrogens with zero attached hydrogens (tertiary/aromatic N) is 3. The maximum atomic E-state index is 13.7. The summed E-state index contributed by atoms with van der Waals surface area (Å²) in [6, 6.07) is 10.9. The van der Waals surface area contributed by atoms with Gasteiger partial charge in [0.05, 0.1) is 0 Å². The Morgan fingerprint density at radius 2 is 1.23 bits per heavy atom. The lowest BCUT2D eigenvalue weighted by molar-refractivity contribution is -0.133. The predicted molar refractivity (Wildman–Crippen MR) is 135 cm³/mol. The molecule has 0 aliphatic carbocycles. The highest BCUT2D eigenvalue weighted by atomic mass is 16.2. The molecule has 4 nitrogen and oxygen atoms in total. The van der Waals surface area contributed by atoms with E-state index >= 15 is 0 Å². The van der Waals surface area contributed by atoms with Gasteiger partial charge in [-0.1, -0.05) is 69.9 Å². The summed E-state index contributed by atoms with van der Waals surface area (Å²) in [5.74, 6) is 0.341. The fourth-order valence-corrected chi connectivity index (χ4v) is 4.43. The van der Waals surface area contributed by atoms with Gasteiger partial charge < -0.3 is 14.7 Å². The molecule has 0 aliphatic rings. The van der Waals surface area contributed by atoms with E-state index in [2.05, 4.69) is 87.1 Å². The minimum absolute atomic E-state index is 0.0360. The van der Waals surface area contributed by atoms with Crippen molar-refractivity contribution >= 4 is 5.91 Å². The highest BCUT2D eigenvalue weighted by Gasteiger charge is 2.35. The van der Waals surface area contributed by atoms with Gasteiger partial charge in [0.1, 0.15) is 0 Å². The number of hydrogen-bond donors (Lipinski definition) is 0. The van der Waals surface area contributed by atoms with Gasteiger partial charge in [-0.15, -0.1) is 0 Å². The Hall–Kier alpha value is -1.39. The Bertz CT molecular complexity index is 563. The quantitative estimate of drug-likeness (QED) is 0.329. The van der Waals surface area contributed by atoms with Crippen LogP contribution in [0.4, 0.5) is 0 Å². The molecule has 0 spiro atoms. The van der Waals surface area contributed by atoms with Gasteiger partial charge in [-0.05, 0) is 72.5 Å². The fraction of sp³-hybridized carbons (Fsp3) is 0.741. The molecule has 0 aromatic heterocycles. The van der Waals surface area contributed by atoms with E-state index in [1.54, 1.807) is 0 Å². The van der Waals surface area contributed by atoms with Crippen molar-refractivity contribution in [1.29, 1.82) is 0 Å². The van der Waals surface area contributed by atoms with Crippen LogP contribution in [0.25, 0.3) is 0 Å². The number of unbranched alkanes of at least 4 members (excludes halogenated alkanes) is 2. The van der Waals surface area contributed by atoms with Gasteiger partial charge in [-0.25, -0.2) is 0 Å². The average molecular weight is 432 g/mol. The maximum absolute atomic E-state index is 13.7. The third-order valence-electron chi connectivity index (χ3n) is 6.31. The van der Waals surface area contributed by atoms with Gasteiger partial charge >= 0.3 is 0 Å². The maximum Gasteiger partial charge on any atom is 0.223 e. The highest BCUT2D eigenvalue weighted by Crippen LogP contribution is 2.39. The average Bonchev–Trinajstić information content (AvgIpc) is 2.74. The van der Waals surface area contributed by atoms with Crippen molar-refractivity contribution in [3.05, 3.63) is 35.9 Å². The topological polar surface area (TPSA) is 26.8 Å². The van der Waals surface area contributed by atoms with Crippen LogP contribution in [0.15, 0.2) is 30.3 Å². The molecule has 1 amide bonds. The number of benzene rings is 1. The summed E-state index contributed by atoms with van der Waals surface area (Å²) < 4.78 is 0. The SMILES string of the molecule is CCCCC(CCCC)(CC(=O)N(CCCN(C)C)CCCN(C)C)c1ccccc1. The van der Waals surface area contributed by atoms with Gasteiger partial charge in [0.25, 0.3) is 0 Å². The normalized spacial score (nSPS) is 12.0. The van der Waals surface area contributed by atoms with Crippen molar-refractivity contribution in [2.45, 2.75) is 77.0 Å². The van der Waals surface area contributed by atoms with Crippen molar-refractivity contribution in [3.63, 3.8) is 0 Å². The van der Waals surface area contributed by atoms with Gasteiger partial charge in [0.2, 0.25) is 5.91 Å². The van der Waals surface area contributed by atoms with Crippen LogP contribution in [0.1, 0.15) is 77.2 Å². The minimum Gasteiger partial charge on any atom is -0.343 e.